The van der Waals surface area contributed by atoms with Crippen LogP contribution < -0.4 is 4.74 Å². The normalized spacial score (nSPS) is 11.6. The molecule has 0 saturated carbocycles. The molecule has 1 aromatic heterocycles. The predicted molar refractivity (Wildman–Crippen MR) is 91.3 cm³/mol. The van der Waals surface area contributed by atoms with E-state index in [-0.39, 0.29) is 11.4 Å². The van der Waals surface area contributed by atoms with Crippen molar-refractivity contribution in [3.63, 3.8) is 0 Å². The summed E-state index contributed by atoms with van der Waals surface area (Å²) in [6, 6.07) is 10.0. The summed E-state index contributed by atoms with van der Waals surface area (Å²) in [6.45, 7) is 3.76. The molecule has 0 saturated heterocycles. The fourth-order valence-corrected chi connectivity index (χ4v) is 3.24. The van der Waals surface area contributed by atoms with Crippen LogP contribution in [0.4, 0.5) is 0 Å². The number of benzene rings is 1. The van der Waals surface area contributed by atoms with Crippen LogP contribution in [0, 0.1) is 0 Å². The molecule has 0 unspecified atom stereocenters. The highest BCUT2D eigenvalue weighted by molar-refractivity contribution is 7.89. The Labute approximate surface area is 143 Å². The zero-order valence-corrected chi connectivity index (χ0v) is 14.7. The Bertz CT molecular complexity index is 718. The standard InChI is InChI=1S/C17H22N2O4S/c1-3-22-11-12-23-16-6-8-17(9-7-16)24(20,21)19(2)14-15-5-4-10-18-13-15/h4-10,13H,3,11-12,14H2,1-2H3. The SMILES string of the molecule is CCOCCOc1ccc(S(=O)(=O)N(C)Cc2cccnc2)cc1. The minimum atomic E-state index is -3.56. The topological polar surface area (TPSA) is 68.7 Å². The monoisotopic (exact) mass is 350 g/mol. The molecule has 6 nitrogen and oxygen atoms in total. The first-order valence-electron chi connectivity index (χ1n) is 7.70. The van der Waals surface area contributed by atoms with Gasteiger partial charge in [0.25, 0.3) is 0 Å². The summed E-state index contributed by atoms with van der Waals surface area (Å²) in [5.41, 5.74) is 0.833. The third kappa shape index (κ3) is 5.02. The van der Waals surface area contributed by atoms with Crippen molar-refractivity contribution >= 4 is 10.0 Å². The zero-order chi connectivity index (χ0) is 17.4. The van der Waals surface area contributed by atoms with Gasteiger partial charge in [-0.15, -0.1) is 0 Å². The van der Waals surface area contributed by atoms with Crippen LogP contribution in [0.2, 0.25) is 0 Å². The molecule has 0 aliphatic carbocycles. The van der Waals surface area contributed by atoms with Gasteiger partial charge in [-0.25, -0.2) is 8.42 Å². The van der Waals surface area contributed by atoms with Crippen LogP contribution in [0.3, 0.4) is 0 Å². The largest absolute Gasteiger partial charge is 0.491 e. The van der Waals surface area contributed by atoms with Gasteiger partial charge < -0.3 is 9.47 Å². The number of hydrogen-bond donors (Lipinski definition) is 0. The minimum Gasteiger partial charge on any atom is -0.491 e. The molecule has 0 radical (unpaired) electrons. The maximum absolute atomic E-state index is 12.6. The van der Waals surface area contributed by atoms with Gasteiger partial charge in [0.05, 0.1) is 11.5 Å². The zero-order valence-electron chi connectivity index (χ0n) is 13.9. The molecule has 0 N–H and O–H groups in total. The van der Waals surface area contributed by atoms with Gasteiger partial charge >= 0.3 is 0 Å². The van der Waals surface area contributed by atoms with Crippen LogP contribution in [-0.2, 0) is 21.3 Å². The lowest BCUT2D eigenvalue weighted by Crippen LogP contribution is -2.26. The quantitative estimate of drug-likeness (QED) is 0.649. The molecular formula is C17H22N2O4S. The van der Waals surface area contributed by atoms with Crippen molar-refractivity contribution in [3.8, 4) is 5.75 Å². The second-order valence-electron chi connectivity index (χ2n) is 5.14. The Morgan fingerprint density at radius 3 is 2.50 bits per heavy atom. The van der Waals surface area contributed by atoms with Crippen molar-refractivity contribution in [2.45, 2.75) is 18.4 Å². The second kappa shape index (κ2) is 8.77. The van der Waals surface area contributed by atoms with Crippen LogP contribution in [0.15, 0.2) is 53.7 Å². The number of ether oxygens (including phenoxy) is 2. The second-order valence-corrected chi connectivity index (χ2v) is 7.18. The average molecular weight is 350 g/mol. The van der Waals surface area contributed by atoms with E-state index in [0.29, 0.717) is 25.6 Å². The van der Waals surface area contributed by atoms with Gasteiger partial charge in [-0.3, -0.25) is 4.98 Å². The third-order valence-corrected chi connectivity index (χ3v) is 5.18. The van der Waals surface area contributed by atoms with E-state index in [4.69, 9.17) is 9.47 Å². The van der Waals surface area contributed by atoms with Crippen molar-refractivity contribution in [1.29, 1.82) is 0 Å². The number of hydrogen-bond acceptors (Lipinski definition) is 5. The number of pyridine rings is 1. The summed E-state index contributed by atoms with van der Waals surface area (Å²) < 4.78 is 37.2. The lowest BCUT2D eigenvalue weighted by atomic mass is 10.3. The molecular weight excluding hydrogens is 328 g/mol. The minimum absolute atomic E-state index is 0.228. The maximum Gasteiger partial charge on any atom is 0.243 e. The van der Waals surface area contributed by atoms with Crippen LogP contribution in [0.25, 0.3) is 0 Å². The molecule has 130 valence electrons. The first-order chi connectivity index (χ1) is 11.5. The smallest absolute Gasteiger partial charge is 0.243 e. The van der Waals surface area contributed by atoms with Gasteiger partial charge in [-0.2, -0.15) is 4.31 Å². The molecule has 0 amide bonds. The Morgan fingerprint density at radius 2 is 1.88 bits per heavy atom. The average Bonchev–Trinajstić information content (AvgIpc) is 2.60. The molecule has 2 rings (SSSR count). The first kappa shape index (κ1) is 18.4. The highest BCUT2D eigenvalue weighted by Gasteiger charge is 2.20. The summed E-state index contributed by atoms with van der Waals surface area (Å²) in [5, 5.41) is 0. The van der Waals surface area contributed by atoms with Gasteiger partial charge in [0, 0.05) is 32.6 Å². The molecule has 0 spiro atoms. The van der Waals surface area contributed by atoms with Gasteiger partial charge in [0.2, 0.25) is 10.0 Å². The maximum atomic E-state index is 12.6. The number of aromatic nitrogens is 1. The summed E-state index contributed by atoms with van der Waals surface area (Å²) in [4.78, 5) is 4.23. The summed E-state index contributed by atoms with van der Waals surface area (Å²) in [6.07, 6.45) is 3.31. The number of nitrogens with zero attached hydrogens (tertiary/aromatic N) is 2. The molecule has 24 heavy (non-hydrogen) atoms. The van der Waals surface area contributed by atoms with Gasteiger partial charge in [-0.05, 0) is 42.8 Å². The van der Waals surface area contributed by atoms with E-state index in [9.17, 15) is 8.42 Å². The van der Waals surface area contributed by atoms with Gasteiger partial charge in [-0.1, -0.05) is 6.07 Å². The molecule has 0 bridgehead atoms. The van der Waals surface area contributed by atoms with Crippen molar-refractivity contribution in [2.75, 3.05) is 26.9 Å². The van der Waals surface area contributed by atoms with E-state index in [1.165, 1.54) is 4.31 Å². The van der Waals surface area contributed by atoms with E-state index in [0.717, 1.165) is 5.56 Å². The predicted octanol–water partition coefficient (Wildman–Crippen LogP) is 2.32. The van der Waals surface area contributed by atoms with E-state index < -0.39 is 10.0 Å². The fourth-order valence-electron chi connectivity index (χ4n) is 2.08. The Hall–Kier alpha value is -1.96. The molecule has 2 aromatic rings. The van der Waals surface area contributed by atoms with Gasteiger partial charge in [0.15, 0.2) is 0 Å². The fraction of sp³-hybridized carbons (Fsp3) is 0.353. The number of sulfonamides is 1. The van der Waals surface area contributed by atoms with Crippen LogP contribution in [0.1, 0.15) is 12.5 Å². The Balaban J connectivity index is 2.00. The van der Waals surface area contributed by atoms with E-state index in [1.54, 1.807) is 49.8 Å². The van der Waals surface area contributed by atoms with Crippen LogP contribution in [0.5, 0.6) is 5.75 Å². The molecule has 0 atom stereocenters. The Kier molecular flexibility index (Phi) is 6.72. The number of rotatable bonds is 9. The Morgan fingerprint density at radius 1 is 1.12 bits per heavy atom. The van der Waals surface area contributed by atoms with Crippen molar-refractivity contribution < 1.29 is 17.9 Å². The lowest BCUT2D eigenvalue weighted by molar-refractivity contribution is 0.110. The molecule has 0 aliphatic rings. The van der Waals surface area contributed by atoms with Crippen molar-refractivity contribution in [2.24, 2.45) is 0 Å². The molecule has 1 heterocycles. The highest BCUT2D eigenvalue weighted by Crippen LogP contribution is 2.20. The van der Waals surface area contributed by atoms with Gasteiger partial charge in [0.1, 0.15) is 12.4 Å². The molecule has 0 aliphatic heterocycles. The van der Waals surface area contributed by atoms with Crippen LogP contribution in [-0.4, -0.2) is 44.6 Å². The third-order valence-electron chi connectivity index (χ3n) is 3.36. The summed E-state index contributed by atoms with van der Waals surface area (Å²) >= 11 is 0. The highest BCUT2D eigenvalue weighted by atomic mass is 32.2. The first-order valence-corrected chi connectivity index (χ1v) is 9.14. The molecule has 7 heteroatoms. The van der Waals surface area contributed by atoms with E-state index in [1.807, 2.05) is 13.0 Å². The van der Waals surface area contributed by atoms with E-state index >= 15 is 0 Å². The summed E-state index contributed by atoms with van der Waals surface area (Å²) in [7, 11) is -2.01. The van der Waals surface area contributed by atoms with Crippen molar-refractivity contribution in [1.82, 2.24) is 9.29 Å². The molecule has 0 fully saturated rings. The lowest BCUT2D eigenvalue weighted by Gasteiger charge is -2.17. The van der Waals surface area contributed by atoms with Crippen LogP contribution >= 0.6 is 0 Å². The molecule has 1 aromatic carbocycles. The van der Waals surface area contributed by atoms with Crippen molar-refractivity contribution in [3.05, 3.63) is 54.4 Å². The summed E-state index contributed by atoms with van der Waals surface area (Å²) in [5.74, 6) is 0.614. The van der Waals surface area contributed by atoms with E-state index in [2.05, 4.69) is 4.98 Å².